The Balaban J connectivity index is 1.30. The van der Waals surface area contributed by atoms with Gasteiger partial charge in [0.15, 0.2) is 0 Å². The molecule has 1 amide bonds. The average Bonchev–Trinajstić information content (AvgIpc) is 3.22. The van der Waals surface area contributed by atoms with Gasteiger partial charge in [0.2, 0.25) is 15.9 Å². The highest BCUT2D eigenvalue weighted by atomic mass is 32.2. The Labute approximate surface area is 181 Å². The first-order chi connectivity index (χ1) is 14.5. The van der Waals surface area contributed by atoms with Gasteiger partial charge in [-0.25, -0.2) is 13.1 Å². The number of ether oxygens (including phenoxy) is 1. The summed E-state index contributed by atoms with van der Waals surface area (Å²) in [6, 6.07) is 11.3. The molecule has 0 spiro atoms. The van der Waals surface area contributed by atoms with Crippen molar-refractivity contribution in [1.82, 2.24) is 14.5 Å². The summed E-state index contributed by atoms with van der Waals surface area (Å²) in [7, 11) is -3.47. The van der Waals surface area contributed by atoms with E-state index < -0.39 is 10.0 Å². The number of amides is 1. The van der Waals surface area contributed by atoms with Crippen molar-refractivity contribution in [3.8, 4) is 5.75 Å². The number of piperidine rings is 1. The topological polar surface area (TPSA) is 79.0 Å². The normalized spacial score (nSPS) is 20.3. The second-order valence-corrected chi connectivity index (χ2v) is 10.7. The van der Waals surface area contributed by atoms with Crippen LogP contribution in [-0.2, 0) is 21.4 Å². The molecule has 4 rings (SSSR count). The Morgan fingerprint density at radius 2 is 2.07 bits per heavy atom. The molecule has 9 heteroatoms. The lowest BCUT2D eigenvalue weighted by molar-refractivity contribution is -0.134. The van der Waals surface area contributed by atoms with Crippen molar-refractivity contribution in [2.75, 3.05) is 39.3 Å². The maximum absolute atomic E-state index is 12.9. The number of sulfonamides is 1. The lowest BCUT2D eigenvalue weighted by Gasteiger charge is -2.34. The third kappa shape index (κ3) is 5.21. The van der Waals surface area contributed by atoms with Gasteiger partial charge in [-0.05, 0) is 36.3 Å². The number of nitrogens with one attached hydrogen (secondary N) is 1. The van der Waals surface area contributed by atoms with Crippen LogP contribution < -0.4 is 9.46 Å². The van der Waals surface area contributed by atoms with Crippen LogP contribution >= 0.6 is 11.3 Å². The molecule has 2 aliphatic rings. The Morgan fingerprint density at radius 3 is 2.90 bits per heavy atom. The Morgan fingerprint density at radius 1 is 1.20 bits per heavy atom. The van der Waals surface area contributed by atoms with Crippen molar-refractivity contribution in [3.05, 3.63) is 47.3 Å². The molecule has 1 fully saturated rings. The third-order valence-electron chi connectivity index (χ3n) is 5.58. The fourth-order valence-electron chi connectivity index (χ4n) is 3.98. The highest BCUT2D eigenvalue weighted by molar-refractivity contribution is 7.91. The number of hydrogen-bond donors (Lipinski definition) is 1. The van der Waals surface area contributed by atoms with Crippen molar-refractivity contribution in [2.24, 2.45) is 5.92 Å². The highest BCUT2D eigenvalue weighted by Gasteiger charge is 2.27. The van der Waals surface area contributed by atoms with E-state index in [0.29, 0.717) is 43.5 Å². The van der Waals surface area contributed by atoms with E-state index in [-0.39, 0.29) is 11.8 Å². The van der Waals surface area contributed by atoms with Gasteiger partial charge in [-0.1, -0.05) is 24.3 Å². The summed E-state index contributed by atoms with van der Waals surface area (Å²) < 4.78 is 33.5. The minimum atomic E-state index is -3.47. The zero-order chi connectivity index (χ0) is 21.0. The zero-order valence-corrected chi connectivity index (χ0v) is 18.5. The van der Waals surface area contributed by atoms with E-state index in [1.807, 2.05) is 29.2 Å². The summed E-state index contributed by atoms with van der Waals surface area (Å²) in [5.74, 6) is 1.12. The second-order valence-electron chi connectivity index (χ2n) is 7.80. The number of fused-ring (bicyclic) bond motifs is 1. The molecule has 1 atom stereocenters. The van der Waals surface area contributed by atoms with Crippen molar-refractivity contribution in [3.63, 3.8) is 0 Å². The van der Waals surface area contributed by atoms with E-state index in [0.717, 1.165) is 30.7 Å². The molecule has 3 heterocycles. The van der Waals surface area contributed by atoms with Crippen LogP contribution in [0.1, 0.15) is 18.4 Å². The smallest absolute Gasteiger partial charge is 0.250 e. The number of benzene rings is 1. The predicted molar refractivity (Wildman–Crippen MR) is 116 cm³/mol. The molecule has 1 N–H and O–H groups in total. The summed E-state index contributed by atoms with van der Waals surface area (Å²) in [6.45, 7) is 4.00. The molecular weight excluding hydrogens is 422 g/mol. The summed E-state index contributed by atoms with van der Waals surface area (Å²) in [5.41, 5.74) is 1.10. The largest absolute Gasteiger partial charge is 0.492 e. The van der Waals surface area contributed by atoms with Crippen LogP contribution in [0.3, 0.4) is 0 Å². The van der Waals surface area contributed by atoms with E-state index in [9.17, 15) is 13.2 Å². The SMILES string of the molecule is O=C(CN1CCOc2ccccc2C1)N1CCCC(CNS(=O)(=O)c2cccs2)C1. The first kappa shape index (κ1) is 21.3. The predicted octanol–water partition coefficient (Wildman–Crippen LogP) is 2.16. The molecule has 0 aliphatic carbocycles. The van der Waals surface area contributed by atoms with E-state index in [2.05, 4.69) is 9.62 Å². The molecule has 2 aromatic rings. The van der Waals surface area contributed by atoms with Crippen LogP contribution in [0.4, 0.5) is 0 Å². The zero-order valence-electron chi connectivity index (χ0n) is 16.8. The van der Waals surface area contributed by atoms with Crippen LogP contribution in [0, 0.1) is 5.92 Å². The molecule has 162 valence electrons. The standard InChI is InChI=1S/C21H27N3O4S2/c25-20(16-23-10-11-28-19-7-2-1-6-18(19)15-23)24-9-3-5-17(14-24)13-22-30(26,27)21-8-4-12-29-21/h1-2,4,6-8,12,17,22H,3,5,9-11,13-16H2. The molecule has 1 saturated heterocycles. The van der Waals surface area contributed by atoms with E-state index in [1.165, 1.54) is 11.3 Å². The molecule has 0 saturated carbocycles. The number of carbonyl (C=O) groups excluding carboxylic acids is 1. The maximum Gasteiger partial charge on any atom is 0.250 e. The fourth-order valence-corrected chi connectivity index (χ4v) is 6.13. The van der Waals surface area contributed by atoms with Crippen molar-refractivity contribution < 1.29 is 17.9 Å². The molecule has 1 aromatic heterocycles. The van der Waals surface area contributed by atoms with Gasteiger partial charge < -0.3 is 9.64 Å². The molecule has 0 radical (unpaired) electrons. The van der Waals surface area contributed by atoms with Crippen LogP contribution in [0.15, 0.2) is 46.0 Å². The van der Waals surface area contributed by atoms with Gasteiger partial charge in [-0.15, -0.1) is 11.3 Å². The Hall–Kier alpha value is -1.94. The maximum atomic E-state index is 12.9. The summed E-state index contributed by atoms with van der Waals surface area (Å²) in [4.78, 5) is 16.9. The molecule has 1 aromatic carbocycles. The first-order valence-electron chi connectivity index (χ1n) is 10.3. The van der Waals surface area contributed by atoms with E-state index in [1.54, 1.807) is 17.5 Å². The number of thiophene rings is 1. The van der Waals surface area contributed by atoms with Crippen LogP contribution in [0.5, 0.6) is 5.75 Å². The first-order valence-corrected chi connectivity index (χ1v) is 12.6. The van der Waals surface area contributed by atoms with Crippen LogP contribution in [0.25, 0.3) is 0 Å². The van der Waals surface area contributed by atoms with Gasteiger partial charge in [-0.2, -0.15) is 0 Å². The third-order valence-corrected chi connectivity index (χ3v) is 8.41. The number of likely N-dealkylation sites (tertiary alicyclic amines) is 1. The van der Waals surface area contributed by atoms with Gasteiger partial charge in [0.1, 0.15) is 16.6 Å². The Kier molecular flexibility index (Phi) is 6.72. The van der Waals surface area contributed by atoms with E-state index >= 15 is 0 Å². The number of para-hydroxylation sites is 1. The van der Waals surface area contributed by atoms with Gasteiger partial charge in [0.05, 0.1) is 6.54 Å². The quantitative estimate of drug-likeness (QED) is 0.731. The van der Waals surface area contributed by atoms with Crippen molar-refractivity contribution in [2.45, 2.75) is 23.6 Å². The van der Waals surface area contributed by atoms with Gasteiger partial charge in [-0.3, -0.25) is 9.69 Å². The molecule has 1 unspecified atom stereocenters. The Bertz CT molecular complexity index is 962. The minimum Gasteiger partial charge on any atom is -0.492 e. The van der Waals surface area contributed by atoms with Gasteiger partial charge >= 0.3 is 0 Å². The molecular formula is C21H27N3O4S2. The highest BCUT2D eigenvalue weighted by Crippen LogP contribution is 2.23. The van der Waals surface area contributed by atoms with Gasteiger partial charge in [0, 0.05) is 38.3 Å². The average molecular weight is 450 g/mol. The molecule has 7 nitrogen and oxygen atoms in total. The summed E-state index contributed by atoms with van der Waals surface area (Å²) in [5, 5.41) is 1.75. The lowest BCUT2D eigenvalue weighted by atomic mass is 9.98. The second kappa shape index (κ2) is 9.47. The number of nitrogens with zero attached hydrogens (tertiary/aromatic N) is 2. The monoisotopic (exact) mass is 449 g/mol. The van der Waals surface area contributed by atoms with E-state index in [4.69, 9.17) is 4.74 Å². The molecule has 2 aliphatic heterocycles. The number of hydrogen-bond acceptors (Lipinski definition) is 6. The van der Waals surface area contributed by atoms with Crippen molar-refractivity contribution in [1.29, 1.82) is 0 Å². The summed E-state index contributed by atoms with van der Waals surface area (Å²) >= 11 is 1.21. The molecule has 30 heavy (non-hydrogen) atoms. The van der Waals surface area contributed by atoms with Crippen LogP contribution in [0.2, 0.25) is 0 Å². The van der Waals surface area contributed by atoms with Crippen molar-refractivity contribution >= 4 is 27.3 Å². The number of carbonyl (C=O) groups is 1. The van der Waals surface area contributed by atoms with Crippen LogP contribution in [-0.4, -0.2) is 63.5 Å². The fraction of sp³-hybridized carbons (Fsp3) is 0.476. The minimum absolute atomic E-state index is 0.0974. The number of rotatable bonds is 6. The lowest BCUT2D eigenvalue weighted by Crippen LogP contribution is -2.47. The van der Waals surface area contributed by atoms with Gasteiger partial charge in [0.25, 0.3) is 0 Å². The summed E-state index contributed by atoms with van der Waals surface area (Å²) in [6.07, 6.45) is 1.81. The molecule has 0 bridgehead atoms.